The third kappa shape index (κ3) is 6.11. The van der Waals surface area contributed by atoms with Gasteiger partial charge in [-0.15, -0.1) is 0 Å². The molecule has 1 aliphatic heterocycles. The molecule has 0 saturated carbocycles. The highest BCUT2D eigenvalue weighted by atomic mass is 79.9. The quantitative estimate of drug-likeness (QED) is 0.222. The zero-order valence-electron chi connectivity index (χ0n) is 21.6. The first-order chi connectivity index (χ1) is 19.6. The molecule has 2 atom stereocenters. The van der Waals surface area contributed by atoms with E-state index in [1.807, 2.05) is 0 Å². The second-order valence-corrected chi connectivity index (χ2v) is 10.3. The molecule has 210 valence electrons. The van der Waals surface area contributed by atoms with Crippen LogP contribution in [0.1, 0.15) is 29.7 Å². The number of hydrogen-bond acceptors (Lipinski definition) is 8. The summed E-state index contributed by atoms with van der Waals surface area (Å²) >= 11 is 3.23. The Morgan fingerprint density at radius 1 is 1.12 bits per heavy atom. The third-order valence-corrected chi connectivity index (χ3v) is 7.00. The van der Waals surface area contributed by atoms with E-state index in [1.165, 1.54) is 28.9 Å². The van der Waals surface area contributed by atoms with Crippen molar-refractivity contribution < 1.29 is 28.7 Å². The van der Waals surface area contributed by atoms with Gasteiger partial charge in [0.05, 0.1) is 12.1 Å². The topological polar surface area (TPSA) is 160 Å². The molecule has 0 bridgehead atoms. The van der Waals surface area contributed by atoms with Gasteiger partial charge in [-0.05, 0) is 45.8 Å². The van der Waals surface area contributed by atoms with E-state index in [0.717, 1.165) is 0 Å². The lowest BCUT2D eigenvalue weighted by molar-refractivity contribution is -0.137. The van der Waals surface area contributed by atoms with Crippen LogP contribution in [0.2, 0.25) is 0 Å². The molecule has 41 heavy (non-hydrogen) atoms. The number of likely N-dealkylation sites (tertiary alicyclic amines) is 1. The highest BCUT2D eigenvalue weighted by Gasteiger charge is 2.40. The van der Waals surface area contributed by atoms with Crippen molar-refractivity contribution in [2.75, 3.05) is 11.9 Å². The number of amides is 2. The number of carboxylic acids is 1. The van der Waals surface area contributed by atoms with E-state index in [9.17, 15) is 23.6 Å². The van der Waals surface area contributed by atoms with Crippen LogP contribution < -0.4 is 5.32 Å². The summed E-state index contributed by atoms with van der Waals surface area (Å²) in [5.41, 5.74) is 1.88. The van der Waals surface area contributed by atoms with Crippen molar-refractivity contribution in [2.24, 2.45) is 0 Å². The van der Waals surface area contributed by atoms with Gasteiger partial charge >= 0.3 is 5.97 Å². The van der Waals surface area contributed by atoms with Crippen molar-refractivity contribution in [1.29, 1.82) is 0 Å². The molecule has 4 heterocycles. The molecule has 12 nitrogen and oxygen atoms in total. The lowest BCUT2D eigenvalue weighted by Gasteiger charge is -2.23. The van der Waals surface area contributed by atoms with Crippen LogP contribution in [0.4, 0.5) is 10.2 Å². The maximum atomic E-state index is 14.4. The van der Waals surface area contributed by atoms with Gasteiger partial charge in [-0.25, -0.2) is 19.3 Å². The number of pyridine rings is 1. The second-order valence-electron chi connectivity index (χ2n) is 9.48. The molecule has 0 aliphatic carbocycles. The number of aromatic nitrogens is 5. The minimum absolute atomic E-state index is 0.137. The average molecular weight is 624 g/mol. The van der Waals surface area contributed by atoms with Gasteiger partial charge in [0.15, 0.2) is 5.78 Å². The van der Waals surface area contributed by atoms with E-state index >= 15 is 0 Å². The number of Topliss-reactive ketones (excluding diaryl/α,β-unsaturated/α-hetero) is 1. The van der Waals surface area contributed by atoms with Gasteiger partial charge in [0, 0.05) is 36.7 Å². The number of rotatable bonds is 8. The van der Waals surface area contributed by atoms with Crippen LogP contribution in [-0.2, 0) is 27.3 Å². The number of carbonyl (C=O) groups is 4. The number of halogens is 2. The summed E-state index contributed by atoms with van der Waals surface area (Å²) in [6.07, 6.45) is 1.14. The molecular weight excluding hydrogens is 601 g/mol. The number of carboxylic acid groups (broad SMARTS) is 1. The molecule has 14 heteroatoms. The molecule has 3 aromatic heterocycles. The Morgan fingerprint density at radius 3 is 2.56 bits per heavy atom. The lowest BCUT2D eigenvalue weighted by atomic mass is 10.0. The van der Waals surface area contributed by atoms with E-state index in [4.69, 9.17) is 5.11 Å². The molecule has 4 aromatic rings. The number of fused-ring (bicyclic) bond motifs is 1. The minimum Gasteiger partial charge on any atom is -0.481 e. The zero-order valence-corrected chi connectivity index (χ0v) is 23.2. The van der Waals surface area contributed by atoms with Crippen molar-refractivity contribution in [2.45, 2.75) is 38.5 Å². The largest absolute Gasteiger partial charge is 0.481 e. The minimum atomic E-state index is -1.38. The Morgan fingerprint density at radius 2 is 1.88 bits per heavy atom. The standard InChI is InChI=1S/C27H23BrFN7O5/c1-14(37)26-18-7-15(16-10-30-23(31-11-16)9-25(39)40)5-6-19(18)36(34-26)13-24(38)35-12-17(29)8-20(35)27(41)33-22-4-2-3-21(28)32-22/h2-7,10-11,17,20H,8-9,12-13H2,1H3,(H,39,40)(H,32,33,41)/t17-,20+/m1/s1. The number of nitrogens with zero attached hydrogens (tertiary/aromatic N) is 6. The van der Waals surface area contributed by atoms with Crippen molar-refractivity contribution in [1.82, 2.24) is 29.6 Å². The molecule has 1 aliphatic rings. The first-order valence-corrected chi connectivity index (χ1v) is 13.3. The number of hydrogen-bond donors (Lipinski definition) is 2. The highest BCUT2D eigenvalue weighted by molar-refractivity contribution is 9.10. The molecule has 1 fully saturated rings. The molecule has 0 radical (unpaired) electrons. The number of benzene rings is 1. The van der Waals surface area contributed by atoms with E-state index in [2.05, 4.69) is 41.3 Å². The predicted molar refractivity (Wildman–Crippen MR) is 148 cm³/mol. The molecular formula is C27H23BrFN7O5. The number of ketones is 1. The Bertz CT molecular complexity index is 1680. The van der Waals surface area contributed by atoms with E-state index in [0.29, 0.717) is 26.6 Å². The van der Waals surface area contributed by atoms with Gasteiger partial charge in [-0.3, -0.25) is 23.9 Å². The first kappa shape index (κ1) is 28.0. The molecule has 2 N–H and O–H groups in total. The van der Waals surface area contributed by atoms with E-state index in [-0.39, 0.29) is 49.1 Å². The maximum Gasteiger partial charge on any atom is 0.311 e. The molecule has 0 unspecified atom stereocenters. The highest BCUT2D eigenvalue weighted by Crippen LogP contribution is 2.28. The third-order valence-electron chi connectivity index (χ3n) is 6.56. The molecule has 0 spiro atoms. The Balaban J connectivity index is 1.39. The van der Waals surface area contributed by atoms with Crippen molar-refractivity contribution in [3.63, 3.8) is 0 Å². The average Bonchev–Trinajstić information content (AvgIpc) is 3.49. The van der Waals surface area contributed by atoms with Crippen LogP contribution in [0.3, 0.4) is 0 Å². The summed E-state index contributed by atoms with van der Waals surface area (Å²) < 4.78 is 16.3. The maximum absolute atomic E-state index is 14.4. The number of nitrogens with one attached hydrogen (secondary N) is 1. The summed E-state index contributed by atoms with van der Waals surface area (Å²) in [7, 11) is 0. The fourth-order valence-corrected chi connectivity index (χ4v) is 5.03. The first-order valence-electron chi connectivity index (χ1n) is 12.5. The van der Waals surface area contributed by atoms with Crippen LogP contribution in [0, 0.1) is 0 Å². The Labute approximate surface area is 240 Å². The van der Waals surface area contributed by atoms with Crippen LogP contribution in [0.5, 0.6) is 0 Å². The van der Waals surface area contributed by atoms with Crippen LogP contribution >= 0.6 is 15.9 Å². The van der Waals surface area contributed by atoms with Gasteiger partial charge in [0.25, 0.3) is 0 Å². The molecule has 2 amide bonds. The fraction of sp³-hybridized carbons (Fsp3) is 0.259. The summed E-state index contributed by atoms with van der Waals surface area (Å²) in [6, 6.07) is 9.06. The number of anilines is 1. The van der Waals surface area contributed by atoms with Crippen molar-refractivity contribution in [3.05, 3.63) is 64.9 Å². The Hall–Kier alpha value is -4.59. The molecule has 5 rings (SSSR count). The van der Waals surface area contributed by atoms with Gasteiger partial charge in [-0.1, -0.05) is 12.1 Å². The van der Waals surface area contributed by atoms with E-state index in [1.54, 1.807) is 36.4 Å². The van der Waals surface area contributed by atoms with Crippen LogP contribution in [-0.4, -0.2) is 77.1 Å². The number of carbonyl (C=O) groups excluding carboxylic acids is 3. The van der Waals surface area contributed by atoms with Gasteiger partial charge in [0.2, 0.25) is 11.8 Å². The predicted octanol–water partition coefficient (Wildman–Crippen LogP) is 3.06. The monoisotopic (exact) mass is 623 g/mol. The van der Waals surface area contributed by atoms with Crippen molar-refractivity contribution in [3.8, 4) is 11.1 Å². The summed E-state index contributed by atoms with van der Waals surface area (Å²) in [6.45, 7) is 0.792. The van der Waals surface area contributed by atoms with E-state index < -0.39 is 30.0 Å². The smallest absolute Gasteiger partial charge is 0.311 e. The second kappa shape index (κ2) is 11.5. The summed E-state index contributed by atoms with van der Waals surface area (Å²) in [5.74, 6) is -2.03. The summed E-state index contributed by atoms with van der Waals surface area (Å²) in [5, 5.41) is 16.4. The number of alkyl halides is 1. The van der Waals surface area contributed by atoms with Gasteiger partial charge < -0.3 is 15.3 Å². The molecule has 1 saturated heterocycles. The lowest BCUT2D eigenvalue weighted by Crippen LogP contribution is -2.44. The number of aliphatic carboxylic acids is 1. The molecule has 1 aromatic carbocycles. The SMILES string of the molecule is CC(=O)c1nn(CC(=O)N2C[C@H](F)C[C@H]2C(=O)Nc2cccc(Br)n2)c2ccc(-c3cnc(CC(=O)O)nc3)cc12. The van der Waals surface area contributed by atoms with Gasteiger partial charge in [0.1, 0.15) is 47.1 Å². The summed E-state index contributed by atoms with van der Waals surface area (Å²) in [4.78, 5) is 63.1. The van der Waals surface area contributed by atoms with Crippen LogP contribution in [0.25, 0.3) is 22.0 Å². The van der Waals surface area contributed by atoms with Crippen molar-refractivity contribution >= 4 is 56.2 Å². The Kier molecular flexibility index (Phi) is 7.83. The normalized spacial score (nSPS) is 16.6. The zero-order chi connectivity index (χ0) is 29.3. The van der Waals surface area contributed by atoms with Gasteiger partial charge in [-0.2, -0.15) is 5.10 Å². The van der Waals surface area contributed by atoms with Crippen LogP contribution in [0.15, 0.2) is 53.4 Å². The fourth-order valence-electron chi connectivity index (χ4n) is 4.69.